The maximum atomic E-state index is 12.8. The number of imidazole rings is 1. The molecule has 2 aromatic rings. The molecule has 3 rings (SSSR count). The summed E-state index contributed by atoms with van der Waals surface area (Å²) in [6, 6.07) is 2.92. The molecule has 1 fully saturated rings. The van der Waals surface area contributed by atoms with Crippen LogP contribution in [0.3, 0.4) is 0 Å². The molecule has 0 radical (unpaired) electrons. The van der Waals surface area contributed by atoms with Gasteiger partial charge < -0.3 is 0 Å². The number of hydrogen-bond donors (Lipinski definition) is 1. The maximum Gasteiger partial charge on any atom is 0.433 e. The Hall–Kier alpha value is -2.29. The summed E-state index contributed by atoms with van der Waals surface area (Å²) in [5.41, 5.74) is -0.403. The van der Waals surface area contributed by atoms with Crippen LogP contribution in [-0.2, 0) is 11.0 Å². The second kappa shape index (κ2) is 4.62. The van der Waals surface area contributed by atoms with E-state index in [9.17, 15) is 22.8 Å². The largest absolute Gasteiger partial charge is 0.433 e. The van der Waals surface area contributed by atoms with Gasteiger partial charge in [-0.25, -0.2) is 4.98 Å². The number of halogens is 3. The number of fused-ring (bicyclic) bond motifs is 1. The lowest BCUT2D eigenvalue weighted by molar-refractivity contribution is -0.141. The summed E-state index contributed by atoms with van der Waals surface area (Å²) in [7, 11) is 0. The monoisotopic (exact) mass is 313 g/mol. The molecule has 0 atom stereocenters. The van der Waals surface area contributed by atoms with Gasteiger partial charge in [-0.05, 0) is 35.5 Å². The van der Waals surface area contributed by atoms with Crippen molar-refractivity contribution in [2.75, 3.05) is 0 Å². The molecule has 0 bridgehead atoms. The number of nitrogens with one attached hydrogen (secondary N) is 1. The van der Waals surface area contributed by atoms with Crippen molar-refractivity contribution in [3.05, 3.63) is 40.7 Å². The molecular weight excluding hydrogens is 307 g/mol. The first kappa shape index (κ1) is 13.7. The molecule has 2 amide bonds. The van der Waals surface area contributed by atoms with Crippen LogP contribution in [0.2, 0.25) is 0 Å². The van der Waals surface area contributed by atoms with Crippen molar-refractivity contribution < 1.29 is 22.8 Å². The molecule has 2 aromatic heterocycles. The Morgan fingerprint density at radius 2 is 2.05 bits per heavy atom. The summed E-state index contributed by atoms with van der Waals surface area (Å²) >= 11 is 0.700. The molecular formula is C12H6F3N3O2S. The quantitative estimate of drug-likeness (QED) is 0.822. The van der Waals surface area contributed by atoms with Gasteiger partial charge in [0.2, 0.25) is 0 Å². The summed E-state index contributed by atoms with van der Waals surface area (Å²) in [6.45, 7) is 0. The van der Waals surface area contributed by atoms with Gasteiger partial charge in [0.1, 0.15) is 11.3 Å². The Labute approximate surface area is 119 Å². The zero-order valence-corrected chi connectivity index (χ0v) is 11.0. The lowest BCUT2D eigenvalue weighted by Gasteiger charge is -2.06. The summed E-state index contributed by atoms with van der Waals surface area (Å²) in [5.74, 6) is -0.563. The summed E-state index contributed by atoms with van der Waals surface area (Å²) in [6.07, 6.45) is -1.22. The number of hydrogen-bond acceptors (Lipinski definition) is 4. The van der Waals surface area contributed by atoms with Crippen LogP contribution in [0.25, 0.3) is 11.7 Å². The predicted octanol–water partition coefficient (Wildman–Crippen LogP) is 2.68. The van der Waals surface area contributed by atoms with Crippen molar-refractivity contribution in [2.24, 2.45) is 0 Å². The molecule has 1 aliphatic rings. The molecule has 21 heavy (non-hydrogen) atoms. The number of aromatic nitrogens is 2. The SMILES string of the molecule is O=C1NC(=O)/C(=C/c2ccc3ncc(C(F)(F)F)n3c2)S1. The highest BCUT2D eigenvalue weighted by Crippen LogP contribution is 2.30. The first-order valence-corrected chi connectivity index (χ1v) is 6.45. The third kappa shape index (κ3) is 2.51. The van der Waals surface area contributed by atoms with Gasteiger partial charge in [-0.2, -0.15) is 13.2 Å². The minimum absolute atomic E-state index is 0.132. The van der Waals surface area contributed by atoms with Crippen LogP contribution < -0.4 is 5.32 Å². The van der Waals surface area contributed by atoms with E-state index in [2.05, 4.69) is 10.3 Å². The van der Waals surface area contributed by atoms with E-state index in [1.807, 2.05) is 0 Å². The predicted molar refractivity (Wildman–Crippen MR) is 69.3 cm³/mol. The molecule has 1 aliphatic heterocycles. The van der Waals surface area contributed by atoms with Gasteiger partial charge >= 0.3 is 6.18 Å². The molecule has 1 N–H and O–H groups in total. The van der Waals surface area contributed by atoms with Crippen LogP contribution in [0.15, 0.2) is 29.4 Å². The topological polar surface area (TPSA) is 63.5 Å². The third-order valence-electron chi connectivity index (χ3n) is 2.76. The van der Waals surface area contributed by atoms with Crippen LogP contribution in [0.4, 0.5) is 18.0 Å². The fraction of sp³-hybridized carbons (Fsp3) is 0.0833. The average Bonchev–Trinajstić information content (AvgIpc) is 2.92. The van der Waals surface area contributed by atoms with Crippen LogP contribution in [-0.4, -0.2) is 20.5 Å². The highest BCUT2D eigenvalue weighted by Gasteiger charge is 2.34. The van der Waals surface area contributed by atoms with Crippen LogP contribution >= 0.6 is 11.8 Å². The number of imide groups is 1. The average molecular weight is 313 g/mol. The highest BCUT2D eigenvalue weighted by molar-refractivity contribution is 8.18. The van der Waals surface area contributed by atoms with Gasteiger partial charge in [-0.15, -0.1) is 0 Å². The number of carbonyl (C=O) groups excluding carboxylic acids is 2. The normalized spacial score (nSPS) is 17.8. The zero-order chi connectivity index (χ0) is 15.2. The molecule has 108 valence electrons. The van der Waals surface area contributed by atoms with Crippen LogP contribution in [0.1, 0.15) is 11.3 Å². The Morgan fingerprint density at radius 1 is 1.29 bits per heavy atom. The molecule has 0 saturated carbocycles. The van der Waals surface area contributed by atoms with E-state index in [1.54, 1.807) is 0 Å². The van der Waals surface area contributed by atoms with Crippen molar-refractivity contribution in [3.8, 4) is 0 Å². The second-order valence-electron chi connectivity index (χ2n) is 4.18. The van der Waals surface area contributed by atoms with Crippen LogP contribution in [0, 0.1) is 0 Å². The van der Waals surface area contributed by atoms with E-state index < -0.39 is 23.0 Å². The number of amides is 2. The molecule has 0 aliphatic carbocycles. The minimum atomic E-state index is -4.53. The number of thioether (sulfide) groups is 1. The van der Waals surface area contributed by atoms with Crippen molar-refractivity contribution >= 4 is 34.6 Å². The molecule has 5 nitrogen and oxygen atoms in total. The molecule has 3 heterocycles. The van der Waals surface area contributed by atoms with Gasteiger partial charge in [0.25, 0.3) is 11.1 Å². The fourth-order valence-corrected chi connectivity index (χ4v) is 2.55. The second-order valence-corrected chi connectivity index (χ2v) is 5.20. The molecule has 0 aromatic carbocycles. The Balaban J connectivity index is 2.07. The van der Waals surface area contributed by atoms with Crippen molar-refractivity contribution in [1.29, 1.82) is 0 Å². The van der Waals surface area contributed by atoms with E-state index in [0.29, 0.717) is 17.3 Å². The Bertz CT molecular complexity index is 795. The Kier molecular flexibility index (Phi) is 3.01. The number of rotatable bonds is 1. The standard InChI is InChI=1S/C12H6F3N3O2S/c13-12(14,15)8-4-16-9-2-1-6(5-18(8)9)3-7-10(19)17-11(20)21-7/h1-5H,(H,17,19,20)/b7-3-. The van der Waals surface area contributed by atoms with E-state index in [4.69, 9.17) is 0 Å². The highest BCUT2D eigenvalue weighted by atomic mass is 32.2. The number of pyridine rings is 1. The lowest BCUT2D eigenvalue weighted by Crippen LogP contribution is -2.17. The molecule has 9 heteroatoms. The first-order chi connectivity index (χ1) is 9.84. The van der Waals surface area contributed by atoms with E-state index in [0.717, 1.165) is 10.6 Å². The lowest BCUT2D eigenvalue weighted by atomic mass is 10.2. The smallest absolute Gasteiger partial charge is 0.295 e. The van der Waals surface area contributed by atoms with Gasteiger partial charge in [0.15, 0.2) is 0 Å². The van der Waals surface area contributed by atoms with E-state index in [1.165, 1.54) is 24.4 Å². The Morgan fingerprint density at radius 3 is 2.67 bits per heavy atom. The zero-order valence-electron chi connectivity index (χ0n) is 10.1. The molecule has 1 saturated heterocycles. The molecule has 0 unspecified atom stereocenters. The van der Waals surface area contributed by atoms with Crippen molar-refractivity contribution in [1.82, 2.24) is 14.7 Å². The van der Waals surface area contributed by atoms with Crippen molar-refractivity contribution in [3.63, 3.8) is 0 Å². The van der Waals surface area contributed by atoms with E-state index in [-0.39, 0.29) is 10.6 Å². The van der Waals surface area contributed by atoms with Gasteiger partial charge in [0.05, 0.1) is 11.1 Å². The van der Waals surface area contributed by atoms with Gasteiger partial charge in [0, 0.05) is 6.20 Å². The number of alkyl halides is 3. The molecule has 0 spiro atoms. The van der Waals surface area contributed by atoms with Crippen LogP contribution in [0.5, 0.6) is 0 Å². The third-order valence-corrected chi connectivity index (χ3v) is 3.57. The number of carbonyl (C=O) groups is 2. The summed E-state index contributed by atoms with van der Waals surface area (Å²) in [4.78, 5) is 26.2. The van der Waals surface area contributed by atoms with E-state index >= 15 is 0 Å². The first-order valence-electron chi connectivity index (χ1n) is 5.64. The minimum Gasteiger partial charge on any atom is -0.295 e. The van der Waals surface area contributed by atoms with Gasteiger partial charge in [-0.3, -0.25) is 19.3 Å². The summed E-state index contributed by atoms with van der Waals surface area (Å²) in [5, 5.41) is 1.56. The van der Waals surface area contributed by atoms with Crippen molar-refractivity contribution in [2.45, 2.75) is 6.18 Å². The van der Waals surface area contributed by atoms with Gasteiger partial charge in [-0.1, -0.05) is 0 Å². The maximum absolute atomic E-state index is 12.8. The fourth-order valence-electron chi connectivity index (χ4n) is 1.86. The summed E-state index contributed by atoms with van der Waals surface area (Å²) < 4.78 is 39.3. The number of nitrogens with zero attached hydrogens (tertiary/aromatic N) is 2.